The Labute approximate surface area is 145 Å². The SMILES string of the molecule is CCc1ccc(OCc2cccc(F)c2N(O)C(=O)SC)c(C)c1. The van der Waals surface area contributed by atoms with Gasteiger partial charge in [-0.05, 0) is 42.9 Å². The van der Waals surface area contributed by atoms with Crippen LogP contribution in [0.25, 0.3) is 0 Å². The number of amides is 1. The van der Waals surface area contributed by atoms with Gasteiger partial charge in [0.05, 0.1) is 0 Å². The Morgan fingerprint density at radius 3 is 2.71 bits per heavy atom. The minimum absolute atomic E-state index is 0.0398. The van der Waals surface area contributed by atoms with Crippen LogP contribution in [-0.4, -0.2) is 16.7 Å². The molecule has 24 heavy (non-hydrogen) atoms. The van der Waals surface area contributed by atoms with Crippen LogP contribution >= 0.6 is 11.8 Å². The lowest BCUT2D eigenvalue weighted by molar-refractivity contribution is 0.222. The van der Waals surface area contributed by atoms with Gasteiger partial charge in [0, 0.05) is 5.56 Å². The Morgan fingerprint density at radius 1 is 1.33 bits per heavy atom. The number of para-hydroxylation sites is 1. The Bertz CT molecular complexity index is 736. The van der Waals surface area contributed by atoms with Gasteiger partial charge in [0.15, 0.2) is 0 Å². The summed E-state index contributed by atoms with van der Waals surface area (Å²) in [5.74, 6) is 0.00199. The molecule has 1 amide bonds. The number of hydroxylamine groups is 1. The van der Waals surface area contributed by atoms with Crippen LogP contribution < -0.4 is 9.80 Å². The second-order valence-electron chi connectivity index (χ2n) is 5.27. The van der Waals surface area contributed by atoms with Crippen molar-refractivity contribution in [1.29, 1.82) is 0 Å². The molecular weight excluding hydrogens is 329 g/mol. The predicted octanol–water partition coefficient (Wildman–Crippen LogP) is 4.95. The number of ether oxygens (including phenoxy) is 1. The molecule has 2 rings (SSSR count). The molecule has 0 bridgehead atoms. The first-order valence-corrected chi connectivity index (χ1v) is 8.77. The molecule has 2 aromatic carbocycles. The van der Waals surface area contributed by atoms with E-state index in [4.69, 9.17) is 4.74 Å². The predicted molar refractivity (Wildman–Crippen MR) is 94.5 cm³/mol. The van der Waals surface area contributed by atoms with Gasteiger partial charge in [0.25, 0.3) is 0 Å². The van der Waals surface area contributed by atoms with Gasteiger partial charge in [-0.1, -0.05) is 43.0 Å². The Hall–Kier alpha value is -2.05. The van der Waals surface area contributed by atoms with Gasteiger partial charge in [-0.2, -0.15) is 5.06 Å². The van der Waals surface area contributed by atoms with E-state index in [9.17, 15) is 14.4 Å². The van der Waals surface area contributed by atoms with E-state index in [2.05, 4.69) is 6.92 Å². The number of anilines is 1. The second-order valence-corrected chi connectivity index (χ2v) is 6.03. The van der Waals surface area contributed by atoms with Crippen LogP contribution in [-0.2, 0) is 13.0 Å². The minimum atomic E-state index is -0.681. The largest absolute Gasteiger partial charge is 0.489 e. The molecule has 0 aromatic heterocycles. The fraction of sp³-hybridized carbons (Fsp3) is 0.278. The second kappa shape index (κ2) is 8.17. The molecule has 128 valence electrons. The summed E-state index contributed by atoms with van der Waals surface area (Å²) in [6, 6.07) is 10.2. The quantitative estimate of drug-likeness (QED) is 0.613. The van der Waals surface area contributed by atoms with Crippen molar-refractivity contribution >= 4 is 22.7 Å². The maximum Gasteiger partial charge on any atom is 0.309 e. The highest BCUT2D eigenvalue weighted by Crippen LogP contribution is 2.28. The number of rotatable bonds is 5. The van der Waals surface area contributed by atoms with Crippen molar-refractivity contribution in [2.24, 2.45) is 0 Å². The summed E-state index contributed by atoms with van der Waals surface area (Å²) in [4.78, 5) is 11.6. The highest BCUT2D eigenvalue weighted by Gasteiger charge is 2.20. The molecule has 0 saturated heterocycles. The lowest BCUT2D eigenvalue weighted by Gasteiger charge is -2.19. The molecule has 0 aliphatic rings. The molecular formula is C18H20FNO3S. The van der Waals surface area contributed by atoms with Crippen LogP contribution in [0, 0.1) is 12.7 Å². The van der Waals surface area contributed by atoms with Crippen LogP contribution in [0.3, 0.4) is 0 Å². The van der Waals surface area contributed by atoms with Crippen LogP contribution in [0.4, 0.5) is 14.9 Å². The standard InChI is InChI=1S/C18H20FNO3S/c1-4-13-8-9-16(12(2)10-13)23-11-14-6-5-7-15(19)17(14)20(22)18(21)24-3/h5-10,22H,4,11H2,1-3H3. The fourth-order valence-corrected chi connectivity index (χ4v) is 2.60. The van der Waals surface area contributed by atoms with Crippen LogP contribution in [0.1, 0.15) is 23.6 Å². The van der Waals surface area contributed by atoms with E-state index in [1.165, 1.54) is 24.0 Å². The van der Waals surface area contributed by atoms with E-state index in [1.807, 2.05) is 25.1 Å². The zero-order valence-corrected chi connectivity index (χ0v) is 14.7. The number of halogens is 1. The maximum absolute atomic E-state index is 14.1. The van der Waals surface area contributed by atoms with Crippen molar-refractivity contribution in [2.45, 2.75) is 26.9 Å². The molecule has 6 heteroatoms. The van der Waals surface area contributed by atoms with Gasteiger partial charge in [-0.3, -0.25) is 10.0 Å². The number of hydrogen-bond donors (Lipinski definition) is 1. The monoisotopic (exact) mass is 349 g/mol. The van der Waals surface area contributed by atoms with Gasteiger partial charge in [0.1, 0.15) is 23.9 Å². The summed E-state index contributed by atoms with van der Waals surface area (Å²) in [5, 5.41) is 9.60. The first-order chi connectivity index (χ1) is 11.5. The molecule has 0 saturated carbocycles. The Morgan fingerprint density at radius 2 is 2.08 bits per heavy atom. The van der Waals surface area contributed by atoms with Crippen molar-refractivity contribution in [3.63, 3.8) is 0 Å². The van der Waals surface area contributed by atoms with Gasteiger partial charge in [0.2, 0.25) is 0 Å². The molecule has 1 N–H and O–H groups in total. The summed E-state index contributed by atoms with van der Waals surface area (Å²) < 4.78 is 19.8. The van der Waals surface area contributed by atoms with Gasteiger partial charge in [-0.15, -0.1) is 0 Å². The average Bonchev–Trinajstić information content (AvgIpc) is 2.59. The van der Waals surface area contributed by atoms with E-state index < -0.39 is 11.1 Å². The molecule has 0 radical (unpaired) electrons. The number of carbonyl (C=O) groups excluding carboxylic acids is 1. The van der Waals surface area contributed by atoms with Crippen molar-refractivity contribution in [3.05, 3.63) is 58.9 Å². The summed E-state index contributed by atoms with van der Waals surface area (Å²) in [6.07, 6.45) is 2.45. The van der Waals surface area contributed by atoms with Crippen molar-refractivity contribution in [2.75, 3.05) is 11.3 Å². The number of thioether (sulfide) groups is 1. The van der Waals surface area contributed by atoms with Crippen LogP contribution in [0.2, 0.25) is 0 Å². The first-order valence-electron chi connectivity index (χ1n) is 7.54. The molecule has 4 nitrogen and oxygen atoms in total. The topological polar surface area (TPSA) is 49.8 Å². The molecule has 0 heterocycles. The van der Waals surface area contributed by atoms with E-state index in [0.29, 0.717) is 16.4 Å². The summed E-state index contributed by atoms with van der Waals surface area (Å²) in [7, 11) is 0. The zero-order valence-electron chi connectivity index (χ0n) is 13.9. The molecule has 0 unspecified atom stereocenters. The Kier molecular flexibility index (Phi) is 6.23. The number of benzene rings is 2. The normalized spacial score (nSPS) is 10.5. The van der Waals surface area contributed by atoms with Crippen LogP contribution in [0.15, 0.2) is 36.4 Å². The number of hydrogen-bond acceptors (Lipinski definition) is 4. The lowest BCUT2D eigenvalue weighted by Crippen LogP contribution is -2.25. The molecule has 0 aliphatic carbocycles. The summed E-state index contributed by atoms with van der Waals surface area (Å²) in [5.41, 5.74) is 2.39. The third-order valence-corrected chi connectivity index (χ3v) is 4.18. The fourth-order valence-electron chi connectivity index (χ4n) is 2.34. The highest BCUT2D eigenvalue weighted by molar-refractivity contribution is 8.13. The number of carbonyl (C=O) groups is 1. The van der Waals surface area contributed by atoms with Crippen molar-refractivity contribution in [1.82, 2.24) is 0 Å². The molecule has 0 aliphatic heterocycles. The first kappa shape index (κ1) is 18.3. The highest BCUT2D eigenvalue weighted by atomic mass is 32.2. The van der Waals surface area contributed by atoms with Crippen LogP contribution in [0.5, 0.6) is 5.75 Å². The third kappa shape index (κ3) is 4.07. The molecule has 0 spiro atoms. The van der Waals surface area contributed by atoms with E-state index >= 15 is 0 Å². The maximum atomic E-state index is 14.1. The smallest absolute Gasteiger partial charge is 0.309 e. The van der Waals surface area contributed by atoms with Gasteiger partial charge >= 0.3 is 5.24 Å². The minimum Gasteiger partial charge on any atom is -0.489 e. The van der Waals surface area contributed by atoms with Gasteiger partial charge in [-0.25, -0.2) is 4.39 Å². The summed E-state index contributed by atoms with van der Waals surface area (Å²) >= 11 is 0.796. The average molecular weight is 349 g/mol. The number of aryl methyl sites for hydroxylation is 2. The van der Waals surface area contributed by atoms with Gasteiger partial charge < -0.3 is 4.74 Å². The zero-order chi connectivity index (χ0) is 17.7. The van der Waals surface area contributed by atoms with E-state index in [1.54, 1.807) is 6.07 Å². The molecule has 0 atom stereocenters. The van der Waals surface area contributed by atoms with Crippen molar-refractivity contribution in [3.8, 4) is 5.75 Å². The Balaban J connectivity index is 2.24. The summed E-state index contributed by atoms with van der Waals surface area (Å²) in [6.45, 7) is 4.06. The number of nitrogens with zero attached hydrogens (tertiary/aromatic N) is 1. The molecule has 0 fully saturated rings. The van der Waals surface area contributed by atoms with E-state index in [0.717, 1.165) is 23.7 Å². The van der Waals surface area contributed by atoms with E-state index in [-0.39, 0.29) is 12.3 Å². The molecule has 2 aromatic rings. The lowest BCUT2D eigenvalue weighted by atomic mass is 10.1. The third-order valence-electron chi connectivity index (χ3n) is 3.66. The van der Waals surface area contributed by atoms with Crippen molar-refractivity contribution < 1.29 is 19.1 Å².